The van der Waals surface area contributed by atoms with E-state index in [4.69, 9.17) is 9.05 Å². The van der Waals surface area contributed by atoms with Crippen LogP contribution in [0.4, 0.5) is 0 Å². The lowest BCUT2D eigenvalue weighted by atomic mass is 10.0. The van der Waals surface area contributed by atoms with Gasteiger partial charge in [0.05, 0.1) is 39.9 Å². The number of phosphoric acid groups is 1. The van der Waals surface area contributed by atoms with Crippen LogP contribution < -0.4 is 5.32 Å². The van der Waals surface area contributed by atoms with E-state index in [9.17, 15) is 19.4 Å². The van der Waals surface area contributed by atoms with Crippen LogP contribution in [0.2, 0.25) is 0 Å². The van der Waals surface area contributed by atoms with Crippen LogP contribution in [0.1, 0.15) is 181 Å². The topological polar surface area (TPSA) is 105 Å². The minimum absolute atomic E-state index is 0.0584. The average molecular weight is 834 g/mol. The van der Waals surface area contributed by atoms with Gasteiger partial charge >= 0.3 is 7.82 Å². The van der Waals surface area contributed by atoms with Gasteiger partial charge < -0.3 is 19.8 Å². The quantitative estimate of drug-likeness (QED) is 0.0245. The molecule has 0 bridgehead atoms. The molecule has 3 atom stereocenters. The largest absolute Gasteiger partial charge is 0.472 e. The molecule has 0 aliphatic heterocycles. The lowest BCUT2D eigenvalue weighted by Crippen LogP contribution is -2.45. The number of allylic oxidation sites excluding steroid dienone is 11. The van der Waals surface area contributed by atoms with Gasteiger partial charge in [-0.1, -0.05) is 183 Å². The van der Waals surface area contributed by atoms with E-state index in [1.54, 1.807) is 6.08 Å². The van der Waals surface area contributed by atoms with E-state index in [0.29, 0.717) is 17.4 Å². The number of amides is 1. The number of nitrogens with zero attached hydrogens (tertiary/aromatic N) is 1. The summed E-state index contributed by atoms with van der Waals surface area (Å²) in [6.07, 6.45) is 54.6. The minimum atomic E-state index is -4.32. The van der Waals surface area contributed by atoms with E-state index < -0.39 is 20.0 Å². The van der Waals surface area contributed by atoms with E-state index in [2.05, 4.69) is 79.9 Å². The van der Waals surface area contributed by atoms with Crippen molar-refractivity contribution in [3.63, 3.8) is 0 Å². The Balaban J connectivity index is 3.91. The van der Waals surface area contributed by atoms with E-state index in [1.807, 2.05) is 27.2 Å². The van der Waals surface area contributed by atoms with Gasteiger partial charge in [-0.05, 0) is 64.2 Å². The highest BCUT2D eigenvalue weighted by atomic mass is 31.2. The molecule has 0 aliphatic carbocycles. The number of phosphoric ester groups is 1. The summed E-state index contributed by atoms with van der Waals surface area (Å²) >= 11 is 0. The zero-order chi connectivity index (χ0) is 42.8. The number of rotatable bonds is 41. The first kappa shape index (κ1) is 55.9. The third-order valence-electron chi connectivity index (χ3n) is 9.93. The van der Waals surface area contributed by atoms with Crippen LogP contribution >= 0.6 is 7.82 Å². The molecule has 336 valence electrons. The molecule has 0 radical (unpaired) electrons. The molecule has 1 amide bonds. The van der Waals surface area contributed by atoms with Crippen molar-refractivity contribution in [2.45, 2.75) is 193 Å². The van der Waals surface area contributed by atoms with Gasteiger partial charge in [-0.2, -0.15) is 0 Å². The van der Waals surface area contributed by atoms with Crippen LogP contribution in [0.15, 0.2) is 72.9 Å². The van der Waals surface area contributed by atoms with Gasteiger partial charge in [-0.25, -0.2) is 4.57 Å². The lowest BCUT2D eigenvalue weighted by molar-refractivity contribution is -0.870. The maximum absolute atomic E-state index is 12.8. The smallest absolute Gasteiger partial charge is 0.387 e. The highest BCUT2D eigenvalue weighted by Crippen LogP contribution is 2.43. The van der Waals surface area contributed by atoms with Crippen LogP contribution in [-0.2, 0) is 18.4 Å². The third-order valence-corrected chi connectivity index (χ3v) is 10.9. The molecule has 0 aliphatic rings. The number of hydrogen-bond donors (Lipinski definition) is 3. The van der Waals surface area contributed by atoms with Gasteiger partial charge in [0.15, 0.2) is 0 Å². The molecule has 0 saturated carbocycles. The molecule has 0 fully saturated rings. The normalized spacial score (nSPS) is 14.9. The standard InChI is InChI=1S/C49H89N2O6P/c1-6-8-10-12-13-14-15-16-17-18-19-20-21-22-23-24-25-26-27-28-29-30-31-32-33-34-35-36-37-39-41-43-49(53)50-47(48(52)42-40-38-11-9-7-2)46-57-58(54,55)56-45-44-51(3,4)5/h8,10,13-14,16-17,19-20,22-23,40,42,47-48,52H,6-7,9,11-12,15,18,21,24-39,41,43-46H2,1-5H3,(H-,50,53,54,55)/p+1/b10-8-,14-13-,17-16-,20-19-,23-22-,42-40+. The first-order valence-electron chi connectivity index (χ1n) is 23.3. The van der Waals surface area contributed by atoms with Crippen LogP contribution in [0.25, 0.3) is 0 Å². The summed E-state index contributed by atoms with van der Waals surface area (Å²) in [7, 11) is 1.56. The molecule has 3 N–H and O–H groups in total. The Morgan fingerprint density at radius 3 is 1.52 bits per heavy atom. The zero-order valence-corrected chi connectivity index (χ0v) is 38.9. The van der Waals surface area contributed by atoms with Crippen molar-refractivity contribution in [2.75, 3.05) is 40.9 Å². The number of quaternary nitrogens is 1. The first-order valence-corrected chi connectivity index (χ1v) is 24.8. The summed E-state index contributed by atoms with van der Waals surface area (Å²) in [6.45, 7) is 4.57. The highest BCUT2D eigenvalue weighted by molar-refractivity contribution is 7.47. The van der Waals surface area contributed by atoms with Gasteiger partial charge in [-0.15, -0.1) is 0 Å². The monoisotopic (exact) mass is 834 g/mol. The summed E-state index contributed by atoms with van der Waals surface area (Å²) in [6, 6.07) is -0.844. The Hall–Kier alpha value is -2.06. The summed E-state index contributed by atoms with van der Waals surface area (Å²) in [5, 5.41) is 13.6. The van der Waals surface area contributed by atoms with Crippen molar-refractivity contribution < 1.29 is 32.9 Å². The maximum atomic E-state index is 12.8. The lowest BCUT2D eigenvalue weighted by Gasteiger charge is -2.25. The Morgan fingerprint density at radius 1 is 0.603 bits per heavy atom. The Morgan fingerprint density at radius 2 is 1.03 bits per heavy atom. The number of carbonyl (C=O) groups is 1. The first-order chi connectivity index (χ1) is 28.0. The summed E-state index contributed by atoms with van der Waals surface area (Å²) in [4.78, 5) is 22.9. The van der Waals surface area contributed by atoms with Crippen LogP contribution in [0.5, 0.6) is 0 Å². The molecule has 0 spiro atoms. The van der Waals surface area contributed by atoms with Crippen molar-refractivity contribution in [3.8, 4) is 0 Å². The fourth-order valence-electron chi connectivity index (χ4n) is 6.24. The van der Waals surface area contributed by atoms with Crippen LogP contribution in [0.3, 0.4) is 0 Å². The molecule has 0 aromatic heterocycles. The molecule has 3 unspecified atom stereocenters. The number of likely N-dealkylation sites (N-methyl/N-ethyl adjacent to an activating group) is 1. The molecule has 0 rings (SSSR count). The van der Waals surface area contributed by atoms with E-state index in [0.717, 1.165) is 77.0 Å². The van der Waals surface area contributed by atoms with E-state index in [1.165, 1.54) is 83.5 Å². The minimum Gasteiger partial charge on any atom is -0.387 e. The Kier molecular flexibility index (Phi) is 38.9. The molecule has 8 nitrogen and oxygen atoms in total. The van der Waals surface area contributed by atoms with Gasteiger partial charge in [0.1, 0.15) is 13.2 Å². The molecule has 58 heavy (non-hydrogen) atoms. The second-order valence-corrected chi connectivity index (χ2v) is 18.2. The van der Waals surface area contributed by atoms with E-state index in [-0.39, 0.29) is 19.1 Å². The van der Waals surface area contributed by atoms with Crippen molar-refractivity contribution >= 4 is 13.7 Å². The van der Waals surface area contributed by atoms with Crippen molar-refractivity contribution in [2.24, 2.45) is 0 Å². The van der Waals surface area contributed by atoms with Gasteiger partial charge in [0.25, 0.3) is 0 Å². The maximum Gasteiger partial charge on any atom is 0.472 e. The molecular formula is C49H90N2O6P+. The van der Waals surface area contributed by atoms with Crippen molar-refractivity contribution in [1.82, 2.24) is 5.32 Å². The second kappa shape index (κ2) is 40.4. The van der Waals surface area contributed by atoms with Crippen LogP contribution in [-0.4, -0.2) is 73.4 Å². The Bertz CT molecular complexity index is 1170. The number of aliphatic hydroxyl groups excluding tert-OH is 1. The van der Waals surface area contributed by atoms with Gasteiger partial charge in [-0.3, -0.25) is 13.8 Å². The molecule has 9 heteroatoms. The number of hydrogen-bond acceptors (Lipinski definition) is 5. The number of aliphatic hydroxyl groups is 1. The fourth-order valence-corrected chi connectivity index (χ4v) is 6.98. The molecular weight excluding hydrogens is 744 g/mol. The number of unbranched alkanes of at least 4 members (excludes halogenated alkanes) is 18. The summed E-state index contributed by atoms with van der Waals surface area (Å²) in [5.41, 5.74) is 0. The molecule has 0 saturated heterocycles. The zero-order valence-electron chi connectivity index (χ0n) is 38.0. The number of carbonyl (C=O) groups excluding carboxylic acids is 1. The van der Waals surface area contributed by atoms with Crippen molar-refractivity contribution in [3.05, 3.63) is 72.9 Å². The highest BCUT2D eigenvalue weighted by Gasteiger charge is 2.27. The van der Waals surface area contributed by atoms with Crippen LogP contribution in [0, 0.1) is 0 Å². The van der Waals surface area contributed by atoms with E-state index >= 15 is 0 Å². The average Bonchev–Trinajstić information content (AvgIpc) is 3.17. The molecule has 0 heterocycles. The van der Waals surface area contributed by atoms with Gasteiger partial charge in [0, 0.05) is 6.42 Å². The molecule has 0 aromatic carbocycles. The third kappa shape index (κ3) is 42.1. The number of nitrogens with one attached hydrogen (secondary N) is 1. The van der Waals surface area contributed by atoms with Gasteiger partial charge in [0.2, 0.25) is 5.91 Å². The van der Waals surface area contributed by atoms with Crippen molar-refractivity contribution in [1.29, 1.82) is 0 Å². The second-order valence-electron chi connectivity index (χ2n) is 16.8. The predicted molar refractivity (Wildman–Crippen MR) is 249 cm³/mol. The summed E-state index contributed by atoms with van der Waals surface area (Å²) < 4.78 is 23.4. The SMILES string of the molecule is CC/C=C\C/C=C\C/C=C\C/C=C\C/C=C\CCCCCCCCCCCCCCCCCC(=O)NC(COP(=O)(O)OCC[N+](C)(C)C)C(O)/C=C/CCCCC. The summed E-state index contributed by atoms with van der Waals surface area (Å²) in [5.74, 6) is -0.188. The predicted octanol–water partition coefficient (Wildman–Crippen LogP) is 13.2. The molecule has 0 aromatic rings. The Labute approximate surface area is 357 Å². The fraction of sp³-hybridized carbons (Fsp3) is 0.735.